The Morgan fingerprint density at radius 2 is 2.14 bits per heavy atom. The summed E-state index contributed by atoms with van der Waals surface area (Å²) in [5, 5.41) is 2.97. The molecule has 84 valence electrons. The number of rotatable bonds is 7. The lowest BCUT2D eigenvalue weighted by atomic mass is 10.0. The van der Waals surface area contributed by atoms with E-state index in [4.69, 9.17) is 5.73 Å². The maximum absolute atomic E-state index is 11.2. The highest BCUT2D eigenvalue weighted by Crippen LogP contribution is 2.05. The van der Waals surface area contributed by atoms with Gasteiger partial charge in [0.2, 0.25) is 5.91 Å². The van der Waals surface area contributed by atoms with Gasteiger partial charge >= 0.3 is 0 Å². The molecule has 1 atom stereocenters. The molecule has 1 unspecified atom stereocenters. The first-order chi connectivity index (χ1) is 6.46. The fourth-order valence-electron chi connectivity index (χ4n) is 1.33. The third kappa shape index (κ3) is 4.07. The minimum atomic E-state index is -0.623. The Bertz CT molecular complexity index is 184. The molecule has 0 fully saturated rings. The second-order valence-electron chi connectivity index (χ2n) is 4.04. The number of unbranched alkanes of at least 4 members (excludes halogenated alkanes) is 1. The molecule has 0 spiro atoms. The molecule has 0 radical (unpaired) electrons. The minimum absolute atomic E-state index is 0.302. The molecule has 0 aliphatic rings. The molecule has 0 heterocycles. The Morgan fingerprint density at radius 3 is 2.50 bits per heavy atom. The zero-order valence-corrected chi connectivity index (χ0v) is 9.76. The van der Waals surface area contributed by atoms with Crippen LogP contribution in [-0.4, -0.2) is 43.5 Å². The molecule has 14 heavy (non-hydrogen) atoms. The van der Waals surface area contributed by atoms with Crippen molar-refractivity contribution in [3.8, 4) is 0 Å². The number of amides is 1. The number of carbonyl (C=O) groups is 1. The lowest BCUT2D eigenvalue weighted by Crippen LogP contribution is -2.57. The SMILES string of the molecule is CCCCN(C)CC(C)(NC)C(N)=O. The molecule has 0 aliphatic carbocycles. The molecule has 0 saturated heterocycles. The predicted molar refractivity (Wildman–Crippen MR) is 59.1 cm³/mol. The van der Waals surface area contributed by atoms with E-state index in [1.165, 1.54) is 0 Å². The highest BCUT2D eigenvalue weighted by molar-refractivity contribution is 5.84. The summed E-state index contributed by atoms with van der Waals surface area (Å²) in [7, 11) is 3.77. The van der Waals surface area contributed by atoms with Gasteiger partial charge in [0.05, 0.1) is 0 Å². The van der Waals surface area contributed by atoms with Crippen molar-refractivity contribution in [2.75, 3.05) is 27.2 Å². The lowest BCUT2D eigenvalue weighted by Gasteiger charge is -2.30. The van der Waals surface area contributed by atoms with E-state index < -0.39 is 5.54 Å². The summed E-state index contributed by atoms with van der Waals surface area (Å²) in [6.07, 6.45) is 2.31. The van der Waals surface area contributed by atoms with Crippen LogP contribution in [0.15, 0.2) is 0 Å². The van der Waals surface area contributed by atoms with E-state index in [9.17, 15) is 4.79 Å². The van der Waals surface area contributed by atoms with Crippen molar-refractivity contribution < 1.29 is 4.79 Å². The molecule has 1 amide bonds. The van der Waals surface area contributed by atoms with Crippen molar-refractivity contribution in [1.29, 1.82) is 0 Å². The summed E-state index contributed by atoms with van der Waals surface area (Å²) in [5.74, 6) is -0.302. The van der Waals surface area contributed by atoms with Crippen LogP contribution < -0.4 is 11.1 Å². The third-order valence-corrected chi connectivity index (χ3v) is 2.58. The van der Waals surface area contributed by atoms with Crippen LogP contribution in [0.2, 0.25) is 0 Å². The molecular formula is C10H23N3O. The number of nitrogens with two attached hydrogens (primary N) is 1. The van der Waals surface area contributed by atoms with Gasteiger partial charge in [-0.15, -0.1) is 0 Å². The van der Waals surface area contributed by atoms with E-state index in [-0.39, 0.29) is 5.91 Å². The van der Waals surface area contributed by atoms with Crippen molar-refractivity contribution in [2.24, 2.45) is 5.73 Å². The van der Waals surface area contributed by atoms with Crippen LogP contribution in [-0.2, 0) is 4.79 Å². The maximum Gasteiger partial charge on any atom is 0.238 e. The van der Waals surface area contributed by atoms with Crippen LogP contribution in [0, 0.1) is 0 Å². The van der Waals surface area contributed by atoms with Gasteiger partial charge in [-0.25, -0.2) is 0 Å². The number of nitrogens with one attached hydrogen (secondary N) is 1. The third-order valence-electron chi connectivity index (χ3n) is 2.58. The maximum atomic E-state index is 11.2. The van der Waals surface area contributed by atoms with Crippen molar-refractivity contribution >= 4 is 5.91 Å². The van der Waals surface area contributed by atoms with E-state index in [1.54, 1.807) is 7.05 Å². The number of hydrogen-bond acceptors (Lipinski definition) is 3. The Labute approximate surface area is 86.8 Å². The van der Waals surface area contributed by atoms with Gasteiger partial charge in [0, 0.05) is 6.54 Å². The van der Waals surface area contributed by atoms with Crippen molar-refractivity contribution in [2.45, 2.75) is 32.2 Å². The molecule has 0 aromatic heterocycles. The zero-order chi connectivity index (χ0) is 11.2. The van der Waals surface area contributed by atoms with Gasteiger partial charge in [-0.05, 0) is 34.0 Å². The van der Waals surface area contributed by atoms with Crippen molar-refractivity contribution in [3.63, 3.8) is 0 Å². The predicted octanol–water partition coefficient (Wildman–Crippen LogP) is 0.182. The summed E-state index contributed by atoms with van der Waals surface area (Å²) in [5.41, 5.74) is 4.71. The Morgan fingerprint density at radius 1 is 1.57 bits per heavy atom. The second kappa shape index (κ2) is 5.98. The van der Waals surface area contributed by atoms with E-state index >= 15 is 0 Å². The molecule has 0 aromatic carbocycles. The first-order valence-corrected chi connectivity index (χ1v) is 5.13. The first kappa shape index (κ1) is 13.4. The van der Waals surface area contributed by atoms with Crippen molar-refractivity contribution in [3.05, 3.63) is 0 Å². The van der Waals surface area contributed by atoms with Crippen LogP contribution in [0.25, 0.3) is 0 Å². The van der Waals surface area contributed by atoms with Gasteiger partial charge in [-0.3, -0.25) is 4.79 Å². The highest BCUT2D eigenvalue weighted by Gasteiger charge is 2.29. The summed E-state index contributed by atoms with van der Waals surface area (Å²) >= 11 is 0. The largest absolute Gasteiger partial charge is 0.368 e. The average molecular weight is 201 g/mol. The first-order valence-electron chi connectivity index (χ1n) is 5.13. The quantitative estimate of drug-likeness (QED) is 0.618. The fraction of sp³-hybridized carbons (Fsp3) is 0.900. The van der Waals surface area contributed by atoms with Gasteiger partial charge in [0.1, 0.15) is 5.54 Å². The van der Waals surface area contributed by atoms with Crippen LogP contribution in [0.3, 0.4) is 0 Å². The molecule has 4 nitrogen and oxygen atoms in total. The molecular weight excluding hydrogens is 178 g/mol. The molecule has 4 heteroatoms. The van der Waals surface area contributed by atoms with Crippen LogP contribution in [0.1, 0.15) is 26.7 Å². The minimum Gasteiger partial charge on any atom is -0.368 e. The monoisotopic (exact) mass is 201 g/mol. The number of primary amides is 1. The molecule has 0 rings (SSSR count). The Kier molecular flexibility index (Phi) is 5.72. The van der Waals surface area contributed by atoms with Gasteiger partial charge in [0.15, 0.2) is 0 Å². The van der Waals surface area contributed by atoms with E-state index in [2.05, 4.69) is 17.1 Å². The summed E-state index contributed by atoms with van der Waals surface area (Å²) < 4.78 is 0. The number of carbonyl (C=O) groups excluding carboxylic acids is 1. The van der Waals surface area contributed by atoms with Gasteiger partial charge in [-0.1, -0.05) is 13.3 Å². The molecule has 0 aromatic rings. The number of likely N-dealkylation sites (N-methyl/N-ethyl adjacent to an activating group) is 2. The van der Waals surface area contributed by atoms with Crippen molar-refractivity contribution in [1.82, 2.24) is 10.2 Å². The number of nitrogens with zero attached hydrogens (tertiary/aromatic N) is 1. The summed E-state index contributed by atoms with van der Waals surface area (Å²) in [6, 6.07) is 0. The van der Waals surface area contributed by atoms with E-state index in [0.29, 0.717) is 6.54 Å². The summed E-state index contributed by atoms with van der Waals surface area (Å²) in [4.78, 5) is 13.3. The van der Waals surface area contributed by atoms with Gasteiger partial charge in [-0.2, -0.15) is 0 Å². The van der Waals surface area contributed by atoms with Crippen LogP contribution >= 0.6 is 0 Å². The average Bonchev–Trinajstić information content (AvgIpc) is 2.14. The van der Waals surface area contributed by atoms with Gasteiger partial charge in [0.25, 0.3) is 0 Å². The van der Waals surface area contributed by atoms with Gasteiger partial charge < -0.3 is 16.0 Å². The normalized spacial score (nSPS) is 15.5. The standard InChI is InChI=1S/C10H23N3O/c1-5-6-7-13(4)8-10(2,12-3)9(11)14/h12H,5-8H2,1-4H3,(H2,11,14). The van der Waals surface area contributed by atoms with Crippen LogP contribution in [0.5, 0.6) is 0 Å². The number of hydrogen-bond donors (Lipinski definition) is 2. The zero-order valence-electron chi connectivity index (χ0n) is 9.76. The Hall–Kier alpha value is -0.610. The smallest absolute Gasteiger partial charge is 0.238 e. The fourth-order valence-corrected chi connectivity index (χ4v) is 1.33. The molecule has 0 bridgehead atoms. The second-order valence-corrected chi connectivity index (χ2v) is 4.04. The molecule has 0 aliphatic heterocycles. The lowest BCUT2D eigenvalue weighted by molar-refractivity contribution is -0.124. The van der Waals surface area contributed by atoms with Crippen LogP contribution in [0.4, 0.5) is 0 Å². The summed E-state index contributed by atoms with van der Waals surface area (Å²) in [6.45, 7) is 5.64. The molecule has 3 N–H and O–H groups in total. The highest BCUT2D eigenvalue weighted by atomic mass is 16.1. The van der Waals surface area contributed by atoms with E-state index in [1.807, 2.05) is 14.0 Å². The molecule has 0 saturated carbocycles. The topological polar surface area (TPSA) is 58.4 Å². The van der Waals surface area contributed by atoms with E-state index in [0.717, 1.165) is 19.4 Å². The Balaban J connectivity index is 4.10.